The first kappa shape index (κ1) is 14.5. The van der Waals surface area contributed by atoms with Crippen LogP contribution in [0.15, 0.2) is 40.8 Å². The predicted octanol–water partition coefficient (Wildman–Crippen LogP) is 3.89. The molecule has 1 aromatic carbocycles. The Balaban J connectivity index is 2.29. The fourth-order valence-corrected chi connectivity index (χ4v) is 2.07. The predicted molar refractivity (Wildman–Crippen MR) is 72.0 cm³/mol. The normalized spacial score (nSPS) is 12.7. The second kappa shape index (κ2) is 6.52. The molecule has 2 rings (SSSR count). The SMILES string of the molecule is CCNC(c1cccc(OC(F)F)c1)c1ccc(C)o1. The van der Waals surface area contributed by atoms with Crippen LogP contribution in [-0.4, -0.2) is 13.2 Å². The van der Waals surface area contributed by atoms with Gasteiger partial charge in [-0.25, -0.2) is 0 Å². The lowest BCUT2D eigenvalue weighted by molar-refractivity contribution is -0.0498. The number of furan rings is 1. The van der Waals surface area contributed by atoms with Gasteiger partial charge in [-0.2, -0.15) is 8.78 Å². The van der Waals surface area contributed by atoms with E-state index in [-0.39, 0.29) is 11.8 Å². The first-order valence-corrected chi connectivity index (χ1v) is 6.44. The van der Waals surface area contributed by atoms with Gasteiger partial charge in [0.25, 0.3) is 0 Å². The molecule has 0 bridgehead atoms. The molecular weight excluding hydrogens is 264 g/mol. The Bertz CT molecular complexity index is 554. The van der Waals surface area contributed by atoms with Crippen LogP contribution >= 0.6 is 0 Å². The van der Waals surface area contributed by atoms with Crippen LogP contribution in [0.1, 0.15) is 30.0 Å². The molecule has 1 heterocycles. The van der Waals surface area contributed by atoms with Crippen molar-refractivity contribution in [1.82, 2.24) is 5.32 Å². The van der Waals surface area contributed by atoms with Crippen molar-refractivity contribution in [3.8, 4) is 5.75 Å². The molecule has 1 atom stereocenters. The average Bonchev–Trinajstić information content (AvgIpc) is 2.82. The number of hydrogen-bond donors (Lipinski definition) is 1. The van der Waals surface area contributed by atoms with Crippen LogP contribution < -0.4 is 10.1 Å². The Kier molecular flexibility index (Phi) is 4.74. The number of nitrogens with one attached hydrogen (secondary N) is 1. The Hall–Kier alpha value is -1.88. The maximum absolute atomic E-state index is 12.3. The van der Waals surface area contributed by atoms with Gasteiger partial charge < -0.3 is 14.5 Å². The van der Waals surface area contributed by atoms with E-state index >= 15 is 0 Å². The number of aryl methyl sites for hydroxylation is 1. The van der Waals surface area contributed by atoms with Gasteiger partial charge in [0.05, 0.1) is 6.04 Å². The van der Waals surface area contributed by atoms with Crippen LogP contribution in [0.3, 0.4) is 0 Å². The standard InChI is InChI=1S/C15H17F2NO2/c1-3-18-14(13-8-7-10(2)19-13)11-5-4-6-12(9-11)20-15(16)17/h4-9,14-15,18H,3H2,1-2H3. The zero-order chi connectivity index (χ0) is 14.5. The van der Waals surface area contributed by atoms with E-state index in [4.69, 9.17) is 4.42 Å². The van der Waals surface area contributed by atoms with E-state index in [9.17, 15) is 8.78 Å². The number of hydrogen-bond acceptors (Lipinski definition) is 3. The zero-order valence-corrected chi connectivity index (χ0v) is 11.4. The molecule has 108 valence electrons. The number of halogens is 2. The maximum atomic E-state index is 12.3. The third-order valence-electron chi connectivity index (χ3n) is 2.87. The maximum Gasteiger partial charge on any atom is 0.387 e. The largest absolute Gasteiger partial charge is 0.464 e. The summed E-state index contributed by atoms with van der Waals surface area (Å²) < 4.78 is 34.6. The molecule has 0 aliphatic carbocycles. The first-order valence-electron chi connectivity index (χ1n) is 6.44. The van der Waals surface area contributed by atoms with E-state index in [2.05, 4.69) is 10.1 Å². The molecule has 0 aliphatic rings. The molecule has 20 heavy (non-hydrogen) atoms. The van der Waals surface area contributed by atoms with E-state index in [0.29, 0.717) is 0 Å². The molecule has 2 aromatic rings. The van der Waals surface area contributed by atoms with E-state index in [1.807, 2.05) is 32.0 Å². The van der Waals surface area contributed by atoms with E-state index in [1.54, 1.807) is 12.1 Å². The fourth-order valence-electron chi connectivity index (χ4n) is 2.07. The molecular formula is C15H17F2NO2. The third-order valence-corrected chi connectivity index (χ3v) is 2.87. The molecule has 0 aliphatic heterocycles. The number of ether oxygens (including phenoxy) is 1. The van der Waals surface area contributed by atoms with Gasteiger partial charge in [0, 0.05) is 0 Å². The molecule has 0 saturated heterocycles. The van der Waals surface area contributed by atoms with Gasteiger partial charge in [0.1, 0.15) is 17.3 Å². The summed E-state index contributed by atoms with van der Waals surface area (Å²) in [4.78, 5) is 0. The van der Waals surface area contributed by atoms with E-state index in [1.165, 1.54) is 6.07 Å². The van der Waals surface area contributed by atoms with E-state index < -0.39 is 6.61 Å². The highest BCUT2D eigenvalue weighted by Crippen LogP contribution is 2.27. The van der Waals surface area contributed by atoms with Crippen LogP contribution in [0, 0.1) is 6.92 Å². The summed E-state index contributed by atoms with van der Waals surface area (Å²) >= 11 is 0. The first-order chi connectivity index (χ1) is 9.60. The van der Waals surface area contributed by atoms with Crippen molar-refractivity contribution in [2.75, 3.05) is 6.54 Å². The molecule has 0 radical (unpaired) electrons. The third kappa shape index (κ3) is 3.57. The van der Waals surface area contributed by atoms with E-state index in [0.717, 1.165) is 23.6 Å². The molecule has 1 unspecified atom stereocenters. The van der Waals surface area contributed by atoms with Crippen LogP contribution in [-0.2, 0) is 0 Å². The molecule has 0 amide bonds. The average molecular weight is 281 g/mol. The molecule has 0 fully saturated rings. The topological polar surface area (TPSA) is 34.4 Å². The lowest BCUT2D eigenvalue weighted by atomic mass is 10.0. The number of alkyl halides is 2. The molecule has 5 heteroatoms. The van der Waals surface area contributed by atoms with Crippen LogP contribution in [0.2, 0.25) is 0 Å². The summed E-state index contributed by atoms with van der Waals surface area (Å²) in [5.41, 5.74) is 0.819. The van der Waals surface area contributed by atoms with Gasteiger partial charge in [-0.15, -0.1) is 0 Å². The van der Waals surface area contributed by atoms with Crippen molar-refractivity contribution in [3.05, 3.63) is 53.5 Å². The van der Waals surface area contributed by atoms with Crippen molar-refractivity contribution in [3.63, 3.8) is 0 Å². The fraction of sp³-hybridized carbons (Fsp3) is 0.333. The van der Waals surface area contributed by atoms with Crippen molar-refractivity contribution in [1.29, 1.82) is 0 Å². The smallest absolute Gasteiger partial charge is 0.387 e. The van der Waals surface area contributed by atoms with Gasteiger partial charge >= 0.3 is 6.61 Å². The minimum absolute atomic E-state index is 0.142. The monoisotopic (exact) mass is 281 g/mol. The Labute approximate surface area is 116 Å². The lowest BCUT2D eigenvalue weighted by Gasteiger charge is -2.17. The van der Waals surface area contributed by atoms with Crippen LogP contribution in [0.4, 0.5) is 8.78 Å². The summed E-state index contributed by atoms with van der Waals surface area (Å²) in [5.74, 6) is 1.70. The summed E-state index contributed by atoms with van der Waals surface area (Å²) in [7, 11) is 0. The second-order valence-electron chi connectivity index (χ2n) is 4.39. The number of benzene rings is 1. The highest BCUT2D eigenvalue weighted by atomic mass is 19.3. The van der Waals surface area contributed by atoms with Crippen molar-refractivity contribution >= 4 is 0 Å². The second-order valence-corrected chi connectivity index (χ2v) is 4.39. The Morgan fingerprint density at radius 2 is 2.05 bits per heavy atom. The molecule has 0 saturated carbocycles. The Morgan fingerprint density at radius 3 is 2.65 bits per heavy atom. The summed E-state index contributed by atoms with van der Waals surface area (Å²) in [6, 6.07) is 10.2. The number of rotatable bonds is 6. The minimum Gasteiger partial charge on any atom is -0.464 e. The summed E-state index contributed by atoms with van der Waals surface area (Å²) in [5, 5.41) is 3.27. The van der Waals surface area contributed by atoms with Gasteiger partial charge in [-0.05, 0) is 43.3 Å². The highest BCUT2D eigenvalue weighted by Gasteiger charge is 2.17. The highest BCUT2D eigenvalue weighted by molar-refractivity contribution is 5.34. The van der Waals surface area contributed by atoms with Gasteiger partial charge in [0.2, 0.25) is 0 Å². The minimum atomic E-state index is -2.83. The molecule has 3 nitrogen and oxygen atoms in total. The summed E-state index contributed by atoms with van der Waals surface area (Å²) in [6.07, 6.45) is 0. The molecule has 1 aromatic heterocycles. The Morgan fingerprint density at radius 1 is 1.25 bits per heavy atom. The van der Waals surface area contributed by atoms with Crippen molar-refractivity contribution in [2.24, 2.45) is 0 Å². The van der Waals surface area contributed by atoms with Crippen molar-refractivity contribution in [2.45, 2.75) is 26.5 Å². The lowest BCUT2D eigenvalue weighted by Crippen LogP contribution is -2.21. The van der Waals surface area contributed by atoms with Crippen molar-refractivity contribution < 1.29 is 17.9 Å². The van der Waals surface area contributed by atoms with Gasteiger partial charge in [0.15, 0.2) is 0 Å². The quantitative estimate of drug-likeness (QED) is 0.872. The van der Waals surface area contributed by atoms with Crippen LogP contribution in [0.25, 0.3) is 0 Å². The van der Waals surface area contributed by atoms with Crippen LogP contribution in [0.5, 0.6) is 5.75 Å². The van der Waals surface area contributed by atoms with Gasteiger partial charge in [-0.3, -0.25) is 0 Å². The molecule has 0 spiro atoms. The zero-order valence-electron chi connectivity index (χ0n) is 11.4. The summed E-state index contributed by atoms with van der Waals surface area (Å²) in [6.45, 7) is 1.74. The molecule has 1 N–H and O–H groups in total. The van der Waals surface area contributed by atoms with Gasteiger partial charge in [-0.1, -0.05) is 19.1 Å².